The molecule has 1 aliphatic rings. The molecule has 1 heterocycles. The number of allylic oxidation sites excluding steroid dienone is 7. The third-order valence-corrected chi connectivity index (χ3v) is 16.2. The molecule has 6 N–H and O–H groups in total. The van der Waals surface area contributed by atoms with E-state index in [0.29, 0.717) is 12.8 Å². The molecule has 0 aromatic heterocycles. The lowest BCUT2D eigenvalue weighted by Gasteiger charge is -2.41. The molecule has 0 saturated carbocycles. The molecule has 1 aliphatic heterocycles. The highest BCUT2D eigenvalue weighted by Gasteiger charge is 2.47. The molecular weight excluding hydrogens is 1010 g/mol. The van der Waals surface area contributed by atoms with E-state index in [-0.39, 0.29) is 19.4 Å². The summed E-state index contributed by atoms with van der Waals surface area (Å²) < 4.78 is 17.7. The SMILES string of the molecule is CCCCC/C=C\C/C=C\C/C=C\CCCCCCCCCC(O)C(=O)NC(COC1OC(CO)C(O)C(O)C1OC(=O)CCCCCCCCCCCCCCCCCCCCC)C(O)/C=C/CCCCCCCCCCCCC. The molecule has 81 heavy (non-hydrogen) atoms. The van der Waals surface area contributed by atoms with Crippen molar-refractivity contribution in [3.8, 4) is 0 Å². The van der Waals surface area contributed by atoms with Gasteiger partial charge in [-0.15, -0.1) is 0 Å². The van der Waals surface area contributed by atoms with E-state index in [1.807, 2.05) is 6.08 Å². The minimum absolute atomic E-state index is 0.127. The number of aliphatic hydroxyl groups excluding tert-OH is 5. The maximum Gasteiger partial charge on any atom is 0.306 e. The van der Waals surface area contributed by atoms with Gasteiger partial charge in [-0.25, -0.2) is 0 Å². The van der Waals surface area contributed by atoms with E-state index in [0.717, 1.165) is 83.5 Å². The van der Waals surface area contributed by atoms with Crippen LogP contribution in [-0.4, -0.2) is 99.6 Å². The van der Waals surface area contributed by atoms with Gasteiger partial charge in [-0.3, -0.25) is 9.59 Å². The highest BCUT2D eigenvalue weighted by Crippen LogP contribution is 2.26. The Morgan fingerprint density at radius 2 is 0.852 bits per heavy atom. The van der Waals surface area contributed by atoms with Gasteiger partial charge in [0.05, 0.1) is 25.4 Å². The molecule has 1 amide bonds. The molecule has 11 nitrogen and oxygen atoms in total. The summed E-state index contributed by atoms with van der Waals surface area (Å²) in [5.41, 5.74) is 0. The minimum atomic E-state index is -1.61. The fraction of sp³-hybridized carbons (Fsp3) is 0.857. The van der Waals surface area contributed by atoms with Gasteiger partial charge in [0, 0.05) is 6.42 Å². The van der Waals surface area contributed by atoms with Crippen LogP contribution in [0, 0.1) is 0 Å². The summed E-state index contributed by atoms with van der Waals surface area (Å²) in [6.45, 7) is 5.80. The van der Waals surface area contributed by atoms with Gasteiger partial charge in [-0.1, -0.05) is 301 Å². The van der Waals surface area contributed by atoms with Crippen LogP contribution in [0.4, 0.5) is 0 Å². The van der Waals surface area contributed by atoms with E-state index in [9.17, 15) is 35.1 Å². The fourth-order valence-electron chi connectivity index (χ4n) is 10.8. The molecule has 8 atom stereocenters. The zero-order valence-corrected chi connectivity index (χ0v) is 52.7. The average molecular weight is 1140 g/mol. The predicted molar refractivity (Wildman–Crippen MR) is 338 cm³/mol. The van der Waals surface area contributed by atoms with Crippen molar-refractivity contribution >= 4 is 11.9 Å². The van der Waals surface area contributed by atoms with Crippen LogP contribution < -0.4 is 5.32 Å². The zero-order valence-electron chi connectivity index (χ0n) is 52.7. The Labute approximate surface area is 497 Å². The van der Waals surface area contributed by atoms with Gasteiger partial charge in [0.15, 0.2) is 12.4 Å². The quantitative estimate of drug-likeness (QED) is 0.0195. The van der Waals surface area contributed by atoms with Crippen LogP contribution in [0.5, 0.6) is 0 Å². The molecule has 11 heteroatoms. The van der Waals surface area contributed by atoms with E-state index in [2.05, 4.69) is 62.5 Å². The maximum atomic E-state index is 13.5. The van der Waals surface area contributed by atoms with Gasteiger partial charge in [0.2, 0.25) is 5.91 Å². The summed E-state index contributed by atoms with van der Waals surface area (Å²) in [4.78, 5) is 26.6. The van der Waals surface area contributed by atoms with Crippen molar-refractivity contribution < 1.29 is 49.3 Å². The molecule has 474 valence electrons. The van der Waals surface area contributed by atoms with Gasteiger partial charge in [0.25, 0.3) is 0 Å². The Hall–Kier alpha value is -2.38. The predicted octanol–water partition coefficient (Wildman–Crippen LogP) is 17.2. The summed E-state index contributed by atoms with van der Waals surface area (Å²) >= 11 is 0. The number of nitrogens with one attached hydrogen (secondary N) is 1. The van der Waals surface area contributed by atoms with Crippen LogP contribution in [0.2, 0.25) is 0 Å². The number of hydrogen-bond acceptors (Lipinski definition) is 10. The highest BCUT2D eigenvalue weighted by molar-refractivity contribution is 5.80. The number of unbranched alkanes of at least 4 members (excludes halogenated alkanes) is 39. The monoisotopic (exact) mass is 1140 g/mol. The number of esters is 1. The van der Waals surface area contributed by atoms with Crippen LogP contribution in [0.25, 0.3) is 0 Å². The first-order valence-corrected chi connectivity index (χ1v) is 34.4. The summed E-state index contributed by atoms with van der Waals surface area (Å²) in [6.07, 6.45) is 61.4. The first-order valence-electron chi connectivity index (χ1n) is 34.4. The van der Waals surface area contributed by atoms with Crippen LogP contribution in [0.15, 0.2) is 48.6 Å². The summed E-state index contributed by atoms with van der Waals surface area (Å²) in [6, 6.07) is -1.03. The molecule has 0 aromatic rings. The van der Waals surface area contributed by atoms with Gasteiger partial charge in [0.1, 0.15) is 24.4 Å². The Morgan fingerprint density at radius 3 is 1.30 bits per heavy atom. The molecule has 0 aromatic carbocycles. The molecule has 1 rings (SSSR count). The van der Waals surface area contributed by atoms with Crippen LogP contribution in [-0.2, 0) is 23.8 Å². The number of aliphatic hydroxyl groups is 5. The zero-order chi connectivity index (χ0) is 58.9. The molecule has 8 unspecified atom stereocenters. The fourth-order valence-corrected chi connectivity index (χ4v) is 10.8. The summed E-state index contributed by atoms with van der Waals surface area (Å²) in [5.74, 6) is -1.19. The first kappa shape index (κ1) is 76.6. The van der Waals surface area contributed by atoms with Gasteiger partial charge in [-0.2, -0.15) is 0 Å². The summed E-state index contributed by atoms with van der Waals surface area (Å²) in [5, 5.41) is 57.2. The number of carbonyl (C=O) groups excluding carboxylic acids is 2. The number of amides is 1. The van der Waals surface area contributed by atoms with E-state index in [1.54, 1.807) is 6.08 Å². The topological polar surface area (TPSA) is 175 Å². The molecule has 0 bridgehead atoms. The van der Waals surface area contributed by atoms with Crippen molar-refractivity contribution in [1.82, 2.24) is 5.32 Å². The smallest absolute Gasteiger partial charge is 0.306 e. The third-order valence-electron chi connectivity index (χ3n) is 16.2. The lowest BCUT2D eigenvalue weighted by Crippen LogP contribution is -2.61. The van der Waals surface area contributed by atoms with Crippen molar-refractivity contribution in [3.63, 3.8) is 0 Å². The van der Waals surface area contributed by atoms with Crippen LogP contribution >= 0.6 is 0 Å². The highest BCUT2D eigenvalue weighted by atomic mass is 16.7. The number of carbonyl (C=O) groups is 2. The molecule has 0 radical (unpaired) electrons. The minimum Gasteiger partial charge on any atom is -0.454 e. The van der Waals surface area contributed by atoms with Gasteiger partial charge >= 0.3 is 5.97 Å². The van der Waals surface area contributed by atoms with Gasteiger partial charge in [-0.05, 0) is 64.2 Å². The molecule has 1 fully saturated rings. The Kier molecular flexibility index (Phi) is 54.9. The van der Waals surface area contributed by atoms with E-state index >= 15 is 0 Å². The molecule has 1 saturated heterocycles. The second kappa shape index (κ2) is 58.0. The van der Waals surface area contributed by atoms with Crippen LogP contribution in [0.3, 0.4) is 0 Å². The summed E-state index contributed by atoms with van der Waals surface area (Å²) in [7, 11) is 0. The Bertz CT molecular complexity index is 1500. The van der Waals surface area contributed by atoms with Crippen molar-refractivity contribution in [2.24, 2.45) is 0 Å². The van der Waals surface area contributed by atoms with Crippen molar-refractivity contribution in [2.75, 3.05) is 13.2 Å². The van der Waals surface area contributed by atoms with Crippen molar-refractivity contribution in [3.05, 3.63) is 48.6 Å². The van der Waals surface area contributed by atoms with E-state index in [4.69, 9.17) is 14.2 Å². The van der Waals surface area contributed by atoms with Crippen molar-refractivity contribution in [2.45, 2.75) is 372 Å². The lowest BCUT2D eigenvalue weighted by molar-refractivity contribution is -0.305. The lowest BCUT2D eigenvalue weighted by atomic mass is 9.99. The Balaban J connectivity index is 2.63. The van der Waals surface area contributed by atoms with Crippen molar-refractivity contribution in [1.29, 1.82) is 0 Å². The van der Waals surface area contributed by atoms with Gasteiger partial charge < -0.3 is 45.1 Å². The van der Waals surface area contributed by atoms with E-state index < -0.39 is 67.4 Å². The largest absolute Gasteiger partial charge is 0.454 e. The second-order valence-electron chi connectivity index (χ2n) is 23.9. The molecular formula is C70H129NO10. The molecule has 0 aliphatic carbocycles. The van der Waals surface area contributed by atoms with E-state index in [1.165, 1.54) is 193 Å². The first-order chi connectivity index (χ1) is 39.7. The number of rotatable bonds is 59. The number of ether oxygens (including phenoxy) is 3. The average Bonchev–Trinajstić information content (AvgIpc) is 3.46. The Morgan fingerprint density at radius 1 is 0.481 bits per heavy atom. The molecule has 0 spiro atoms. The third kappa shape index (κ3) is 45.6. The number of hydrogen-bond donors (Lipinski definition) is 6. The maximum absolute atomic E-state index is 13.5. The second-order valence-corrected chi connectivity index (χ2v) is 23.9. The standard InChI is InChI=1S/C70H129NO10/c1-4-7-10-13-16-19-22-25-27-29-31-33-34-36-39-42-45-48-51-54-57-63(74)69(78)71-61(62(73)56-53-50-47-44-41-38-24-21-18-15-12-9-6-3)60-79-70-68(67(77)66(76)64(59-72)80-70)81-65(75)58-55-52-49-46-43-40-37-35-32-30-28-26-23-20-17-14-11-8-5-2/h16,19,25,27,31,33,53,56,61-64,66-68,70,72-74,76-77H,4-15,17-18,20-24,26,28-30,32,34-52,54-55,57-60H2,1-3H3,(H,71,78)/b19-16-,27-25-,33-31-,56-53+. The van der Waals surface area contributed by atoms with Crippen LogP contribution in [0.1, 0.15) is 323 Å². The normalized spacial score (nSPS) is 18.9.